The Balaban J connectivity index is 2.39. The Labute approximate surface area is 140 Å². The smallest absolute Gasteiger partial charge is 0.328 e. The lowest BCUT2D eigenvalue weighted by Gasteiger charge is -2.18. The largest absolute Gasteiger partial charge is 0.467 e. The maximum absolute atomic E-state index is 11.9. The molecular weight excluding hydrogens is 322 g/mol. The number of carbonyl (C=O) groups is 2. The van der Waals surface area contributed by atoms with Gasteiger partial charge in [0, 0.05) is 22.1 Å². The highest BCUT2D eigenvalue weighted by Crippen LogP contribution is 2.20. The summed E-state index contributed by atoms with van der Waals surface area (Å²) in [5, 5.41) is 3.44. The summed E-state index contributed by atoms with van der Waals surface area (Å²) in [6.07, 6.45) is 0.918. The van der Waals surface area contributed by atoms with Gasteiger partial charge in [0.15, 0.2) is 0 Å². The summed E-state index contributed by atoms with van der Waals surface area (Å²) in [6.45, 7) is 4.00. The zero-order valence-electron chi connectivity index (χ0n) is 13.1. The molecule has 0 radical (unpaired) electrons. The fourth-order valence-electron chi connectivity index (χ4n) is 1.89. The van der Waals surface area contributed by atoms with E-state index in [0.29, 0.717) is 29.5 Å². The summed E-state index contributed by atoms with van der Waals surface area (Å²) in [6, 6.07) is 6.90. The first-order valence-corrected chi connectivity index (χ1v) is 8.54. The number of rotatable bonds is 8. The summed E-state index contributed by atoms with van der Waals surface area (Å²) < 4.78 is 4.73. The second-order valence-corrected chi connectivity index (χ2v) is 6.93. The third-order valence-corrected chi connectivity index (χ3v) is 4.21. The van der Waals surface area contributed by atoms with E-state index in [1.807, 2.05) is 38.1 Å². The zero-order chi connectivity index (χ0) is 16.5. The van der Waals surface area contributed by atoms with E-state index in [1.54, 1.807) is 11.8 Å². The molecule has 1 rings (SSSR count). The molecule has 0 aliphatic heterocycles. The van der Waals surface area contributed by atoms with Crippen LogP contribution in [0.3, 0.4) is 0 Å². The first-order chi connectivity index (χ1) is 10.4. The van der Waals surface area contributed by atoms with E-state index in [2.05, 4.69) is 5.32 Å². The minimum atomic E-state index is -0.571. The molecule has 0 saturated carbocycles. The topological polar surface area (TPSA) is 55.4 Å². The molecule has 0 aliphatic carbocycles. The molecule has 0 fully saturated rings. The van der Waals surface area contributed by atoms with E-state index < -0.39 is 12.0 Å². The highest BCUT2D eigenvalue weighted by Gasteiger charge is 2.22. The monoisotopic (exact) mass is 343 g/mol. The van der Waals surface area contributed by atoms with Gasteiger partial charge in [-0.25, -0.2) is 4.79 Å². The van der Waals surface area contributed by atoms with Crippen LogP contribution in [0.25, 0.3) is 0 Å². The molecule has 1 atom stereocenters. The molecule has 0 spiro atoms. The van der Waals surface area contributed by atoms with Gasteiger partial charge in [0.25, 0.3) is 0 Å². The van der Waals surface area contributed by atoms with Crippen LogP contribution in [0, 0.1) is 5.92 Å². The highest BCUT2D eigenvalue weighted by atomic mass is 35.5. The molecule has 6 heteroatoms. The van der Waals surface area contributed by atoms with Crippen LogP contribution < -0.4 is 5.32 Å². The Morgan fingerprint density at radius 1 is 1.27 bits per heavy atom. The molecule has 0 bridgehead atoms. The van der Waals surface area contributed by atoms with Crippen LogP contribution in [0.4, 0.5) is 0 Å². The van der Waals surface area contributed by atoms with E-state index in [-0.39, 0.29) is 5.91 Å². The summed E-state index contributed by atoms with van der Waals surface area (Å²) in [4.78, 5) is 24.7. The molecule has 1 N–H and O–H groups in total. The maximum Gasteiger partial charge on any atom is 0.328 e. The summed E-state index contributed by atoms with van der Waals surface area (Å²) in [5.41, 5.74) is 0. The van der Waals surface area contributed by atoms with Crippen molar-refractivity contribution < 1.29 is 14.3 Å². The molecule has 0 aliphatic rings. The van der Waals surface area contributed by atoms with Gasteiger partial charge in [0.05, 0.1) is 7.11 Å². The van der Waals surface area contributed by atoms with Crippen molar-refractivity contribution in [3.05, 3.63) is 29.3 Å². The van der Waals surface area contributed by atoms with Crippen molar-refractivity contribution in [1.82, 2.24) is 5.32 Å². The minimum absolute atomic E-state index is 0.141. The van der Waals surface area contributed by atoms with Crippen LogP contribution in [0.5, 0.6) is 0 Å². The second kappa shape index (κ2) is 9.74. The van der Waals surface area contributed by atoms with E-state index in [9.17, 15) is 9.59 Å². The Bertz CT molecular complexity index is 491. The fourth-order valence-corrected chi connectivity index (χ4v) is 2.86. The lowest BCUT2D eigenvalue weighted by Crippen LogP contribution is -2.42. The predicted octanol–water partition coefficient (Wildman–Crippen LogP) is 3.53. The summed E-state index contributed by atoms with van der Waals surface area (Å²) in [7, 11) is 1.33. The number of hydrogen-bond donors (Lipinski definition) is 1. The molecule has 122 valence electrons. The van der Waals surface area contributed by atoms with Crippen molar-refractivity contribution in [2.24, 2.45) is 5.92 Å². The van der Waals surface area contributed by atoms with E-state index in [1.165, 1.54) is 7.11 Å². The van der Waals surface area contributed by atoms with Crippen LogP contribution in [-0.2, 0) is 14.3 Å². The van der Waals surface area contributed by atoms with Crippen molar-refractivity contribution in [3.8, 4) is 0 Å². The van der Waals surface area contributed by atoms with E-state index >= 15 is 0 Å². The molecule has 1 unspecified atom stereocenters. The third-order valence-electron chi connectivity index (χ3n) is 2.94. The zero-order valence-corrected chi connectivity index (χ0v) is 14.7. The molecule has 1 aromatic carbocycles. The number of halogens is 1. The molecule has 1 aromatic rings. The van der Waals surface area contributed by atoms with Gasteiger partial charge < -0.3 is 10.1 Å². The normalized spacial score (nSPS) is 12.0. The van der Waals surface area contributed by atoms with Crippen molar-refractivity contribution in [2.45, 2.75) is 37.6 Å². The SMILES string of the molecule is COC(=O)C(CC(C)C)NC(=O)CCSc1ccc(Cl)cc1. The quantitative estimate of drug-likeness (QED) is 0.579. The van der Waals surface area contributed by atoms with Gasteiger partial charge in [-0.15, -0.1) is 11.8 Å². The average molecular weight is 344 g/mol. The number of thioether (sulfide) groups is 1. The minimum Gasteiger partial charge on any atom is -0.467 e. The first-order valence-electron chi connectivity index (χ1n) is 7.18. The number of ether oxygens (including phenoxy) is 1. The predicted molar refractivity (Wildman–Crippen MR) is 90.2 cm³/mol. The van der Waals surface area contributed by atoms with Gasteiger partial charge in [0.2, 0.25) is 5.91 Å². The van der Waals surface area contributed by atoms with Gasteiger partial charge in [-0.05, 0) is 36.6 Å². The van der Waals surface area contributed by atoms with Crippen molar-refractivity contribution in [2.75, 3.05) is 12.9 Å². The lowest BCUT2D eigenvalue weighted by molar-refractivity contribution is -0.145. The average Bonchev–Trinajstić information content (AvgIpc) is 2.47. The molecule has 0 saturated heterocycles. The number of hydrogen-bond acceptors (Lipinski definition) is 4. The van der Waals surface area contributed by atoms with Crippen molar-refractivity contribution in [3.63, 3.8) is 0 Å². The molecule has 0 heterocycles. The van der Waals surface area contributed by atoms with Crippen LogP contribution >= 0.6 is 23.4 Å². The van der Waals surface area contributed by atoms with Crippen LogP contribution in [0.1, 0.15) is 26.7 Å². The summed E-state index contributed by atoms with van der Waals surface area (Å²) >= 11 is 7.40. The fraction of sp³-hybridized carbons (Fsp3) is 0.500. The molecule has 1 amide bonds. The first kappa shape index (κ1) is 18.8. The van der Waals surface area contributed by atoms with Gasteiger partial charge in [-0.3, -0.25) is 4.79 Å². The molecule has 0 aromatic heterocycles. The van der Waals surface area contributed by atoms with Crippen LogP contribution in [-0.4, -0.2) is 30.8 Å². The Hall–Kier alpha value is -1.20. The Morgan fingerprint density at radius 2 is 1.91 bits per heavy atom. The molecular formula is C16H22ClNO3S. The number of benzene rings is 1. The Morgan fingerprint density at radius 3 is 2.45 bits per heavy atom. The van der Waals surface area contributed by atoms with E-state index in [0.717, 1.165) is 4.90 Å². The number of amides is 1. The van der Waals surface area contributed by atoms with Crippen LogP contribution in [0.2, 0.25) is 5.02 Å². The van der Waals surface area contributed by atoms with Gasteiger partial charge in [-0.2, -0.15) is 0 Å². The number of esters is 1. The van der Waals surface area contributed by atoms with E-state index in [4.69, 9.17) is 16.3 Å². The number of nitrogens with one attached hydrogen (secondary N) is 1. The van der Waals surface area contributed by atoms with Gasteiger partial charge in [-0.1, -0.05) is 25.4 Å². The Kier molecular flexibility index (Phi) is 8.35. The third kappa shape index (κ3) is 7.18. The number of carbonyl (C=O) groups excluding carboxylic acids is 2. The molecule has 22 heavy (non-hydrogen) atoms. The highest BCUT2D eigenvalue weighted by molar-refractivity contribution is 7.99. The number of methoxy groups -OCH3 is 1. The second-order valence-electron chi connectivity index (χ2n) is 5.33. The summed E-state index contributed by atoms with van der Waals surface area (Å²) in [5.74, 6) is 0.404. The van der Waals surface area contributed by atoms with Gasteiger partial charge >= 0.3 is 5.97 Å². The van der Waals surface area contributed by atoms with Crippen LogP contribution in [0.15, 0.2) is 29.2 Å². The molecule has 4 nitrogen and oxygen atoms in total. The van der Waals surface area contributed by atoms with Crippen molar-refractivity contribution >= 4 is 35.2 Å². The lowest BCUT2D eigenvalue weighted by atomic mass is 10.0. The van der Waals surface area contributed by atoms with Crippen molar-refractivity contribution in [1.29, 1.82) is 0 Å². The standard InChI is InChI=1S/C16H22ClNO3S/c1-11(2)10-14(16(20)21-3)18-15(19)8-9-22-13-6-4-12(17)5-7-13/h4-7,11,14H,8-10H2,1-3H3,(H,18,19). The van der Waals surface area contributed by atoms with Gasteiger partial charge in [0.1, 0.15) is 6.04 Å². The maximum atomic E-state index is 11.9.